The molecule has 2 N–H and O–H groups in total. The Balaban J connectivity index is 1.75. The van der Waals surface area contributed by atoms with Gasteiger partial charge in [0, 0.05) is 12.1 Å². The maximum Gasteiger partial charge on any atom is 0.326 e. The number of halogens is 2. The number of carbonyl (C=O) groups excluding carboxylic acids is 2. The normalized spacial score (nSPS) is 14.8. The van der Waals surface area contributed by atoms with E-state index in [9.17, 15) is 19.7 Å². The largest absolute Gasteiger partial charge is 0.487 e. The number of urea groups is 1. The summed E-state index contributed by atoms with van der Waals surface area (Å²) in [6.45, 7) is 0.267. The van der Waals surface area contributed by atoms with Gasteiger partial charge in [0.05, 0.1) is 12.1 Å². The molecular formula is C17H11I2N3O5. The number of nitro groups is 1. The van der Waals surface area contributed by atoms with Crippen molar-refractivity contribution in [3.63, 3.8) is 0 Å². The predicted molar refractivity (Wildman–Crippen MR) is 114 cm³/mol. The van der Waals surface area contributed by atoms with Gasteiger partial charge in [0.2, 0.25) is 0 Å². The predicted octanol–water partition coefficient (Wildman–Crippen LogP) is 3.56. The number of hydrogen-bond donors (Lipinski definition) is 2. The van der Waals surface area contributed by atoms with Gasteiger partial charge in [0.1, 0.15) is 18.1 Å². The van der Waals surface area contributed by atoms with Gasteiger partial charge in [0.25, 0.3) is 11.6 Å². The van der Waals surface area contributed by atoms with E-state index in [0.717, 1.165) is 18.3 Å². The summed E-state index contributed by atoms with van der Waals surface area (Å²) in [6.07, 6.45) is 1.59. The number of ether oxygens (including phenoxy) is 1. The van der Waals surface area contributed by atoms with Gasteiger partial charge in [-0.3, -0.25) is 20.2 Å². The van der Waals surface area contributed by atoms with Crippen molar-refractivity contribution >= 4 is 68.9 Å². The van der Waals surface area contributed by atoms with E-state index in [0.29, 0.717) is 5.75 Å². The first-order valence-electron chi connectivity index (χ1n) is 7.52. The number of nitrogens with one attached hydrogen (secondary N) is 2. The van der Waals surface area contributed by atoms with Gasteiger partial charge in [-0.2, -0.15) is 0 Å². The Kier molecular flexibility index (Phi) is 5.94. The van der Waals surface area contributed by atoms with Crippen LogP contribution in [0, 0.1) is 17.3 Å². The van der Waals surface area contributed by atoms with E-state index in [2.05, 4.69) is 55.8 Å². The number of nitro benzene ring substituents is 1. The van der Waals surface area contributed by atoms with Gasteiger partial charge in [-0.15, -0.1) is 0 Å². The lowest BCUT2D eigenvalue weighted by Crippen LogP contribution is -2.22. The van der Waals surface area contributed by atoms with Crippen molar-refractivity contribution in [3.05, 3.63) is 70.5 Å². The highest BCUT2D eigenvalue weighted by Gasteiger charge is 2.23. The van der Waals surface area contributed by atoms with Crippen molar-refractivity contribution in [2.75, 3.05) is 0 Å². The van der Waals surface area contributed by atoms with E-state index in [1.165, 1.54) is 12.1 Å². The zero-order valence-electron chi connectivity index (χ0n) is 13.5. The fourth-order valence-electron chi connectivity index (χ4n) is 2.32. The fraction of sp³-hybridized carbons (Fsp3) is 0.0588. The second-order valence-electron chi connectivity index (χ2n) is 5.49. The van der Waals surface area contributed by atoms with Gasteiger partial charge in [-0.1, -0.05) is 0 Å². The lowest BCUT2D eigenvalue weighted by Gasteiger charge is -2.12. The summed E-state index contributed by atoms with van der Waals surface area (Å²) in [6, 6.07) is 9.29. The van der Waals surface area contributed by atoms with Gasteiger partial charge in [0.15, 0.2) is 0 Å². The topological polar surface area (TPSA) is 111 Å². The molecule has 0 atom stereocenters. The van der Waals surface area contributed by atoms with Crippen LogP contribution in [0.1, 0.15) is 11.1 Å². The van der Waals surface area contributed by atoms with Crippen LogP contribution in [0.4, 0.5) is 10.5 Å². The van der Waals surface area contributed by atoms with E-state index in [1.54, 1.807) is 18.2 Å². The third-order valence-corrected chi connectivity index (χ3v) is 5.18. The second kappa shape index (κ2) is 8.21. The van der Waals surface area contributed by atoms with Crippen LogP contribution in [0.3, 0.4) is 0 Å². The van der Waals surface area contributed by atoms with Crippen molar-refractivity contribution in [3.8, 4) is 5.75 Å². The Morgan fingerprint density at radius 1 is 1.07 bits per heavy atom. The van der Waals surface area contributed by atoms with Gasteiger partial charge >= 0.3 is 6.03 Å². The third kappa shape index (κ3) is 4.74. The summed E-state index contributed by atoms with van der Waals surface area (Å²) >= 11 is 4.26. The zero-order valence-corrected chi connectivity index (χ0v) is 17.8. The van der Waals surface area contributed by atoms with Crippen molar-refractivity contribution < 1.29 is 19.2 Å². The minimum absolute atomic E-state index is 0.0309. The molecule has 1 saturated heterocycles. The summed E-state index contributed by atoms with van der Waals surface area (Å²) < 4.78 is 7.53. The highest BCUT2D eigenvalue weighted by molar-refractivity contribution is 14.1. The standard InChI is InChI=1S/C17H11I2N3O5/c18-12-5-10(7-14-16(23)21-17(24)20-14)6-13(19)15(12)27-8-9-1-3-11(4-2-9)22(25)26/h1-7H,8H2,(H2,20,21,23,24)/b14-7+. The molecule has 0 aromatic heterocycles. The number of rotatable bonds is 5. The number of non-ortho nitro benzene ring substituents is 1. The lowest BCUT2D eigenvalue weighted by atomic mass is 10.2. The van der Waals surface area contributed by atoms with Crippen LogP contribution >= 0.6 is 45.2 Å². The minimum Gasteiger partial charge on any atom is -0.487 e. The van der Waals surface area contributed by atoms with E-state index >= 15 is 0 Å². The van der Waals surface area contributed by atoms with E-state index in [4.69, 9.17) is 4.74 Å². The van der Waals surface area contributed by atoms with E-state index in [-0.39, 0.29) is 18.0 Å². The zero-order chi connectivity index (χ0) is 19.6. The van der Waals surface area contributed by atoms with Crippen LogP contribution in [-0.2, 0) is 11.4 Å². The molecule has 2 aromatic carbocycles. The van der Waals surface area contributed by atoms with Gasteiger partial charge in [-0.25, -0.2) is 4.79 Å². The summed E-state index contributed by atoms with van der Waals surface area (Å²) in [4.78, 5) is 33.0. The highest BCUT2D eigenvalue weighted by atomic mass is 127. The molecule has 2 aromatic rings. The molecule has 1 aliphatic heterocycles. The molecule has 0 radical (unpaired) electrons. The summed E-state index contributed by atoms with van der Waals surface area (Å²) in [5.74, 6) is 0.208. The Morgan fingerprint density at radius 3 is 2.22 bits per heavy atom. The quantitative estimate of drug-likeness (QED) is 0.182. The summed E-state index contributed by atoms with van der Waals surface area (Å²) in [5.41, 5.74) is 1.78. The van der Waals surface area contributed by atoms with Crippen LogP contribution < -0.4 is 15.4 Å². The molecule has 3 amide bonds. The first-order valence-corrected chi connectivity index (χ1v) is 9.68. The molecular weight excluding hydrogens is 580 g/mol. The molecule has 8 nitrogen and oxygen atoms in total. The Morgan fingerprint density at radius 2 is 1.70 bits per heavy atom. The maximum absolute atomic E-state index is 11.6. The summed E-state index contributed by atoms with van der Waals surface area (Å²) in [7, 11) is 0. The van der Waals surface area contributed by atoms with Crippen LogP contribution in [0.5, 0.6) is 5.75 Å². The molecule has 0 spiro atoms. The Bertz CT molecular complexity index is 950. The second-order valence-corrected chi connectivity index (χ2v) is 7.82. The first-order chi connectivity index (χ1) is 12.8. The van der Waals surface area contributed by atoms with E-state index in [1.807, 2.05) is 12.1 Å². The van der Waals surface area contributed by atoms with E-state index < -0.39 is 16.9 Å². The smallest absolute Gasteiger partial charge is 0.326 e. The molecule has 138 valence electrons. The SMILES string of the molecule is O=C1NC(=O)/C(=C\c2cc(I)c(OCc3ccc([N+](=O)[O-])cc3)c(I)c2)N1. The number of imide groups is 1. The number of benzene rings is 2. The molecule has 0 bridgehead atoms. The summed E-state index contributed by atoms with van der Waals surface area (Å²) in [5, 5.41) is 15.3. The van der Waals surface area contributed by atoms with Crippen LogP contribution in [0.25, 0.3) is 6.08 Å². The molecule has 10 heteroatoms. The Labute approximate surface area is 180 Å². The third-order valence-electron chi connectivity index (χ3n) is 3.58. The monoisotopic (exact) mass is 591 g/mol. The number of carbonyl (C=O) groups is 2. The average molecular weight is 591 g/mol. The maximum atomic E-state index is 11.6. The van der Waals surface area contributed by atoms with Crippen LogP contribution in [0.15, 0.2) is 42.1 Å². The molecule has 0 aliphatic carbocycles. The molecule has 1 aliphatic rings. The molecule has 1 heterocycles. The molecule has 0 saturated carbocycles. The van der Waals surface area contributed by atoms with Crippen LogP contribution in [-0.4, -0.2) is 16.9 Å². The Hall–Kier alpha value is -2.22. The first kappa shape index (κ1) is 19.5. The van der Waals surface area contributed by atoms with Gasteiger partial charge < -0.3 is 10.1 Å². The van der Waals surface area contributed by atoms with Crippen molar-refractivity contribution in [2.24, 2.45) is 0 Å². The molecule has 27 heavy (non-hydrogen) atoms. The average Bonchev–Trinajstić information content (AvgIpc) is 2.91. The number of nitrogens with zero attached hydrogens (tertiary/aromatic N) is 1. The minimum atomic E-state index is -0.543. The fourth-order valence-corrected chi connectivity index (χ4v) is 4.45. The number of amides is 3. The van der Waals surface area contributed by atoms with Crippen molar-refractivity contribution in [1.29, 1.82) is 0 Å². The molecule has 0 unspecified atom stereocenters. The van der Waals surface area contributed by atoms with Gasteiger partial charge in [-0.05, 0) is 86.7 Å². The molecule has 3 rings (SSSR count). The lowest BCUT2D eigenvalue weighted by molar-refractivity contribution is -0.384. The molecule has 1 fully saturated rings. The van der Waals surface area contributed by atoms with Crippen LogP contribution in [0.2, 0.25) is 0 Å². The van der Waals surface area contributed by atoms with Crippen molar-refractivity contribution in [1.82, 2.24) is 10.6 Å². The number of hydrogen-bond acceptors (Lipinski definition) is 5. The van der Waals surface area contributed by atoms with Crippen molar-refractivity contribution in [2.45, 2.75) is 6.61 Å². The highest BCUT2D eigenvalue weighted by Crippen LogP contribution is 2.30.